The summed E-state index contributed by atoms with van der Waals surface area (Å²) in [6.07, 6.45) is -3.26. The van der Waals surface area contributed by atoms with E-state index in [4.69, 9.17) is 11.6 Å². The molecule has 154 valence electrons. The van der Waals surface area contributed by atoms with E-state index in [0.29, 0.717) is 36.0 Å². The van der Waals surface area contributed by atoms with Crippen molar-refractivity contribution in [3.05, 3.63) is 63.9 Å². The Labute approximate surface area is 173 Å². The van der Waals surface area contributed by atoms with E-state index in [-0.39, 0.29) is 27.6 Å². The summed E-state index contributed by atoms with van der Waals surface area (Å²) in [4.78, 5) is 12.8. The van der Waals surface area contributed by atoms with Crippen molar-refractivity contribution in [1.29, 1.82) is 0 Å². The first-order chi connectivity index (χ1) is 13.4. The molecule has 0 amide bonds. The van der Waals surface area contributed by atoms with Gasteiger partial charge < -0.3 is 5.11 Å². The Hall–Kier alpha value is -2.27. The number of aliphatic hydroxyl groups excluding tert-OH is 1. The first-order valence-corrected chi connectivity index (χ1v) is 9.76. The number of carbonyl (C=O) groups is 1. The average molecular weight is 423 g/mol. The number of carbonyl (C=O) groups excluding carboxylic acids is 1. The van der Waals surface area contributed by atoms with Gasteiger partial charge in [0.15, 0.2) is 5.78 Å². The number of ketones is 1. The first kappa shape index (κ1) is 21.4. The standard InChI is InChI=1S/C23H22ClF3O2/c1-4-13-5-6-14(15-7-8-18(24)17(10-15)23(25,26)27)9-16(13)21-19(28)11-22(2,3)12-20(21)29/h5-10,28H,4,11-12H2,1-3H3. The minimum atomic E-state index is -4.56. The quantitative estimate of drug-likeness (QED) is 0.565. The van der Waals surface area contributed by atoms with E-state index in [9.17, 15) is 23.1 Å². The zero-order chi connectivity index (χ0) is 21.6. The minimum absolute atomic E-state index is 0.0326. The van der Waals surface area contributed by atoms with Crippen molar-refractivity contribution in [2.45, 2.75) is 46.2 Å². The van der Waals surface area contributed by atoms with Crippen LogP contribution in [-0.2, 0) is 17.4 Å². The number of hydrogen-bond donors (Lipinski definition) is 1. The van der Waals surface area contributed by atoms with Crippen LogP contribution in [0.3, 0.4) is 0 Å². The summed E-state index contributed by atoms with van der Waals surface area (Å²) in [5.74, 6) is -0.122. The van der Waals surface area contributed by atoms with E-state index >= 15 is 0 Å². The smallest absolute Gasteiger partial charge is 0.417 e. The van der Waals surface area contributed by atoms with Gasteiger partial charge in [-0.1, -0.05) is 50.6 Å². The first-order valence-electron chi connectivity index (χ1n) is 9.38. The Balaban J connectivity index is 2.16. The van der Waals surface area contributed by atoms with Crippen LogP contribution in [0.1, 0.15) is 50.3 Å². The Morgan fingerprint density at radius 1 is 1.07 bits per heavy atom. The van der Waals surface area contributed by atoms with Crippen LogP contribution in [0, 0.1) is 5.41 Å². The number of benzene rings is 2. The maximum Gasteiger partial charge on any atom is 0.417 e. The molecule has 0 heterocycles. The molecule has 0 atom stereocenters. The highest BCUT2D eigenvalue weighted by Gasteiger charge is 2.35. The molecule has 0 aromatic heterocycles. The summed E-state index contributed by atoms with van der Waals surface area (Å²) in [6.45, 7) is 5.76. The number of aliphatic hydroxyl groups is 1. The van der Waals surface area contributed by atoms with Gasteiger partial charge in [-0.2, -0.15) is 13.2 Å². The summed E-state index contributed by atoms with van der Waals surface area (Å²) in [6, 6.07) is 8.94. The second-order valence-corrected chi connectivity index (χ2v) is 8.59. The van der Waals surface area contributed by atoms with Crippen LogP contribution >= 0.6 is 11.6 Å². The molecule has 0 spiro atoms. The van der Waals surface area contributed by atoms with E-state index in [1.807, 2.05) is 20.8 Å². The van der Waals surface area contributed by atoms with Crippen LogP contribution in [-0.4, -0.2) is 10.9 Å². The van der Waals surface area contributed by atoms with Crippen molar-refractivity contribution in [3.63, 3.8) is 0 Å². The zero-order valence-electron chi connectivity index (χ0n) is 16.5. The van der Waals surface area contributed by atoms with E-state index < -0.39 is 11.7 Å². The molecule has 29 heavy (non-hydrogen) atoms. The number of halogens is 4. The molecular formula is C23H22ClF3O2. The van der Waals surface area contributed by atoms with E-state index in [1.165, 1.54) is 12.1 Å². The lowest BCUT2D eigenvalue weighted by Gasteiger charge is -2.30. The second-order valence-electron chi connectivity index (χ2n) is 8.18. The molecule has 0 unspecified atom stereocenters. The molecule has 0 radical (unpaired) electrons. The average Bonchev–Trinajstić information content (AvgIpc) is 2.59. The Kier molecular flexibility index (Phi) is 5.56. The summed E-state index contributed by atoms with van der Waals surface area (Å²) in [5.41, 5.74) is 1.33. The molecule has 1 N–H and O–H groups in total. The van der Waals surface area contributed by atoms with Gasteiger partial charge in [0.1, 0.15) is 5.76 Å². The van der Waals surface area contributed by atoms with Crippen molar-refractivity contribution in [2.75, 3.05) is 0 Å². The third-order valence-corrected chi connectivity index (χ3v) is 5.55. The van der Waals surface area contributed by atoms with Gasteiger partial charge in [0.05, 0.1) is 16.2 Å². The molecule has 6 heteroatoms. The highest BCUT2D eigenvalue weighted by Crippen LogP contribution is 2.42. The van der Waals surface area contributed by atoms with Crippen molar-refractivity contribution in [1.82, 2.24) is 0 Å². The summed E-state index contributed by atoms with van der Waals surface area (Å²) >= 11 is 5.73. The van der Waals surface area contributed by atoms with E-state index in [2.05, 4.69) is 0 Å². The monoisotopic (exact) mass is 422 g/mol. The van der Waals surface area contributed by atoms with Gasteiger partial charge in [-0.15, -0.1) is 0 Å². The maximum absolute atomic E-state index is 13.2. The third kappa shape index (κ3) is 4.35. The predicted molar refractivity (Wildman–Crippen MR) is 109 cm³/mol. The summed E-state index contributed by atoms with van der Waals surface area (Å²) < 4.78 is 39.7. The highest BCUT2D eigenvalue weighted by atomic mass is 35.5. The van der Waals surface area contributed by atoms with Crippen LogP contribution in [0.15, 0.2) is 42.2 Å². The molecule has 1 aliphatic rings. The fourth-order valence-corrected chi connectivity index (χ4v) is 4.04. The molecule has 0 fully saturated rings. The molecule has 0 aliphatic heterocycles. The van der Waals surface area contributed by atoms with Gasteiger partial charge in [0.25, 0.3) is 0 Å². The lowest BCUT2D eigenvalue weighted by atomic mass is 9.74. The van der Waals surface area contributed by atoms with Crippen LogP contribution in [0.2, 0.25) is 5.02 Å². The number of rotatable bonds is 3. The molecule has 0 saturated carbocycles. The van der Waals surface area contributed by atoms with E-state index in [1.54, 1.807) is 18.2 Å². The zero-order valence-corrected chi connectivity index (χ0v) is 17.2. The van der Waals surface area contributed by atoms with Crippen LogP contribution in [0.25, 0.3) is 16.7 Å². The molecule has 2 aromatic rings. The molecular weight excluding hydrogens is 401 g/mol. The van der Waals surface area contributed by atoms with Gasteiger partial charge >= 0.3 is 6.18 Å². The molecule has 1 aliphatic carbocycles. The fraction of sp³-hybridized carbons (Fsp3) is 0.348. The molecule has 0 bridgehead atoms. The number of hydrogen-bond acceptors (Lipinski definition) is 2. The van der Waals surface area contributed by atoms with Crippen LogP contribution in [0.5, 0.6) is 0 Å². The van der Waals surface area contributed by atoms with Crippen LogP contribution < -0.4 is 0 Å². The van der Waals surface area contributed by atoms with E-state index in [0.717, 1.165) is 11.6 Å². The van der Waals surface area contributed by atoms with Crippen molar-refractivity contribution < 1.29 is 23.1 Å². The maximum atomic E-state index is 13.2. The summed E-state index contributed by atoms with van der Waals surface area (Å²) in [5, 5.41) is 10.2. The third-order valence-electron chi connectivity index (χ3n) is 5.22. The van der Waals surface area contributed by atoms with Gasteiger partial charge in [-0.05, 0) is 52.3 Å². The van der Waals surface area contributed by atoms with Gasteiger partial charge in [-0.3, -0.25) is 4.79 Å². The topological polar surface area (TPSA) is 37.3 Å². The second kappa shape index (κ2) is 7.52. The highest BCUT2D eigenvalue weighted by molar-refractivity contribution is 6.31. The SMILES string of the molecule is CCc1ccc(-c2ccc(Cl)c(C(F)(F)F)c2)cc1C1=C(O)CC(C)(C)CC1=O. The predicted octanol–water partition coefficient (Wildman–Crippen LogP) is 7.25. The van der Waals surface area contributed by atoms with Crippen molar-refractivity contribution in [2.24, 2.45) is 5.41 Å². The van der Waals surface area contributed by atoms with Crippen LogP contribution in [0.4, 0.5) is 13.2 Å². The largest absolute Gasteiger partial charge is 0.512 e. The molecule has 0 saturated heterocycles. The molecule has 3 rings (SSSR count). The Morgan fingerprint density at radius 2 is 1.69 bits per heavy atom. The van der Waals surface area contributed by atoms with Gasteiger partial charge in [0, 0.05) is 12.8 Å². The molecule has 2 aromatic carbocycles. The molecule has 2 nitrogen and oxygen atoms in total. The van der Waals surface area contributed by atoms with Crippen molar-refractivity contribution in [3.8, 4) is 11.1 Å². The minimum Gasteiger partial charge on any atom is -0.512 e. The fourth-order valence-electron chi connectivity index (χ4n) is 3.81. The number of alkyl halides is 3. The number of Topliss-reactive ketones (excluding diaryl/α,β-unsaturated/α-hetero) is 1. The van der Waals surface area contributed by atoms with Gasteiger partial charge in [-0.25, -0.2) is 0 Å². The number of aryl methyl sites for hydroxylation is 1. The lowest BCUT2D eigenvalue weighted by Crippen LogP contribution is -2.25. The summed E-state index contributed by atoms with van der Waals surface area (Å²) in [7, 11) is 0. The van der Waals surface area contributed by atoms with Gasteiger partial charge in [0.2, 0.25) is 0 Å². The lowest BCUT2D eigenvalue weighted by molar-refractivity contribution is -0.137. The van der Waals surface area contributed by atoms with Crippen molar-refractivity contribution >= 4 is 23.0 Å². The Bertz CT molecular complexity index is 1000. The number of allylic oxidation sites excluding steroid dienone is 2. The normalized spacial score (nSPS) is 17.0. The Morgan fingerprint density at radius 3 is 2.28 bits per heavy atom.